The monoisotopic (exact) mass is 460 g/mol. The van der Waals surface area contributed by atoms with Crippen molar-refractivity contribution in [2.45, 2.75) is 58.4 Å². The van der Waals surface area contributed by atoms with Crippen LogP contribution in [0.1, 0.15) is 58.2 Å². The van der Waals surface area contributed by atoms with E-state index in [1.807, 2.05) is 0 Å². The molecule has 0 fully saturated rings. The molecule has 4 aromatic rings. The van der Waals surface area contributed by atoms with Gasteiger partial charge in [-0.1, -0.05) is 76.2 Å². The number of hydrogen-bond donors (Lipinski definition) is 0. The summed E-state index contributed by atoms with van der Waals surface area (Å²) in [6.07, 6.45) is 2.40. The van der Waals surface area contributed by atoms with E-state index < -0.39 is 0 Å². The lowest BCUT2D eigenvalue weighted by Gasteiger charge is -2.29. The molecule has 0 N–H and O–H groups in total. The number of rotatable bonds is 1. The Labute approximate surface area is 206 Å². The van der Waals surface area contributed by atoms with Crippen LogP contribution in [0.5, 0.6) is 11.5 Å². The van der Waals surface area contributed by atoms with E-state index in [0.29, 0.717) is 6.04 Å². The molecule has 0 bridgehead atoms. The van der Waals surface area contributed by atoms with Crippen molar-refractivity contribution in [1.29, 1.82) is 0 Å². The van der Waals surface area contributed by atoms with E-state index >= 15 is 0 Å². The summed E-state index contributed by atoms with van der Waals surface area (Å²) in [4.78, 5) is 7.60. The Morgan fingerprint density at radius 3 is 2.17 bits per heavy atom. The molecule has 0 aromatic heterocycles. The molecule has 3 heterocycles. The lowest BCUT2D eigenvalue weighted by atomic mass is 9.81. The molecule has 3 aliphatic rings. The van der Waals surface area contributed by atoms with Crippen LogP contribution < -0.4 is 20.2 Å². The maximum absolute atomic E-state index is 7.16. The summed E-state index contributed by atoms with van der Waals surface area (Å²) in [7, 11) is 0. The van der Waals surface area contributed by atoms with Crippen LogP contribution >= 0.6 is 0 Å². The minimum Gasteiger partial charge on any atom is -0.455 e. The summed E-state index contributed by atoms with van der Waals surface area (Å²) in [6.45, 7) is 15.7. The first kappa shape index (κ1) is 21.0. The van der Waals surface area contributed by atoms with E-state index in [0.717, 1.165) is 29.9 Å². The van der Waals surface area contributed by atoms with Crippen LogP contribution in [0.25, 0.3) is 27.6 Å². The van der Waals surface area contributed by atoms with Crippen LogP contribution in [-0.2, 0) is 10.8 Å². The Morgan fingerprint density at radius 1 is 0.800 bits per heavy atom. The first-order valence-corrected chi connectivity index (χ1v) is 12.8. The summed E-state index contributed by atoms with van der Waals surface area (Å²) < 4.78 is 7.16. The highest BCUT2D eigenvalue weighted by molar-refractivity contribution is 6.06. The highest BCUT2D eigenvalue weighted by atomic mass is 16.5. The topological polar surface area (TPSA) is 24.8 Å². The first-order chi connectivity index (χ1) is 16.7. The summed E-state index contributed by atoms with van der Waals surface area (Å²) >= 11 is 0. The van der Waals surface area contributed by atoms with Gasteiger partial charge in [-0.2, -0.15) is 0 Å². The third-order valence-corrected chi connectivity index (χ3v) is 8.32. The van der Waals surface area contributed by atoms with Crippen LogP contribution in [0.2, 0.25) is 0 Å². The quantitative estimate of drug-likeness (QED) is 0.291. The summed E-state index contributed by atoms with van der Waals surface area (Å²) in [5.74, 6) is 2.05. The predicted molar refractivity (Wildman–Crippen MR) is 146 cm³/mol. The van der Waals surface area contributed by atoms with E-state index in [1.54, 1.807) is 0 Å². The Balaban J connectivity index is 1.69. The van der Waals surface area contributed by atoms with E-state index in [2.05, 4.69) is 101 Å². The minimum atomic E-state index is -0.0612. The van der Waals surface area contributed by atoms with Gasteiger partial charge in [0.15, 0.2) is 0 Å². The van der Waals surface area contributed by atoms with Crippen molar-refractivity contribution in [2.75, 3.05) is 18.0 Å². The SMILES string of the molecule is CC(C)N1CC(C)(C)c2c3c(c4ccccc4c21)C=c1c(c2c(c4ccccc14)=NCC2(C)C)O3. The fourth-order valence-corrected chi connectivity index (χ4v) is 6.69. The van der Waals surface area contributed by atoms with E-state index in [4.69, 9.17) is 9.73 Å². The molecule has 3 heteroatoms. The minimum absolute atomic E-state index is 0.0149. The molecule has 0 radical (unpaired) electrons. The Kier molecular flexibility index (Phi) is 3.99. The number of fused-ring (bicyclic) bond motifs is 12. The van der Waals surface area contributed by atoms with Crippen LogP contribution in [0.3, 0.4) is 0 Å². The Morgan fingerprint density at radius 2 is 1.46 bits per heavy atom. The average Bonchev–Trinajstić information content (AvgIpc) is 3.31. The molecule has 0 amide bonds. The third kappa shape index (κ3) is 2.64. The lowest BCUT2D eigenvalue weighted by Crippen LogP contribution is -2.33. The number of anilines is 1. The van der Waals surface area contributed by atoms with Gasteiger partial charge in [-0.15, -0.1) is 0 Å². The molecule has 176 valence electrons. The van der Waals surface area contributed by atoms with Gasteiger partial charge in [0.2, 0.25) is 0 Å². The molecule has 35 heavy (non-hydrogen) atoms. The zero-order chi connectivity index (χ0) is 24.3. The maximum atomic E-state index is 7.16. The van der Waals surface area contributed by atoms with Crippen molar-refractivity contribution in [3.8, 4) is 11.5 Å². The molecular weight excluding hydrogens is 428 g/mol. The van der Waals surface area contributed by atoms with Crippen molar-refractivity contribution >= 4 is 33.3 Å². The molecule has 3 nitrogen and oxygen atoms in total. The first-order valence-electron chi connectivity index (χ1n) is 12.8. The van der Waals surface area contributed by atoms with Crippen molar-refractivity contribution < 1.29 is 4.74 Å². The highest BCUT2D eigenvalue weighted by Gasteiger charge is 2.43. The fraction of sp³-hybridized carbons (Fsp3) is 0.344. The second-order valence-electron chi connectivity index (χ2n) is 12.1. The lowest BCUT2D eigenvalue weighted by molar-refractivity contribution is 0.430. The molecule has 0 unspecified atom stereocenters. The van der Waals surface area contributed by atoms with Gasteiger partial charge in [0.05, 0.1) is 11.0 Å². The van der Waals surface area contributed by atoms with Crippen molar-refractivity contribution in [3.63, 3.8) is 0 Å². The summed E-state index contributed by atoms with van der Waals surface area (Å²) in [5, 5.41) is 7.35. The van der Waals surface area contributed by atoms with Crippen molar-refractivity contribution in [2.24, 2.45) is 4.99 Å². The van der Waals surface area contributed by atoms with E-state index in [1.165, 1.54) is 49.1 Å². The summed E-state index contributed by atoms with van der Waals surface area (Å²) in [6, 6.07) is 18.0. The number of ether oxygens (including phenoxy) is 1. The largest absolute Gasteiger partial charge is 0.455 e. The van der Waals surface area contributed by atoms with E-state index in [9.17, 15) is 0 Å². The molecule has 0 saturated heterocycles. The molecule has 0 atom stereocenters. The molecule has 0 spiro atoms. The molecule has 0 saturated carbocycles. The van der Waals surface area contributed by atoms with Gasteiger partial charge in [-0.3, -0.25) is 4.99 Å². The zero-order valence-electron chi connectivity index (χ0n) is 21.5. The average molecular weight is 461 g/mol. The van der Waals surface area contributed by atoms with Gasteiger partial charge in [-0.05, 0) is 30.7 Å². The van der Waals surface area contributed by atoms with Gasteiger partial charge in [0, 0.05) is 62.6 Å². The van der Waals surface area contributed by atoms with Gasteiger partial charge < -0.3 is 9.64 Å². The normalized spacial score (nSPS) is 18.5. The smallest absolute Gasteiger partial charge is 0.141 e. The third-order valence-electron chi connectivity index (χ3n) is 8.32. The Bertz CT molecular complexity index is 1710. The number of benzene rings is 4. The van der Waals surface area contributed by atoms with Crippen LogP contribution in [0, 0.1) is 0 Å². The van der Waals surface area contributed by atoms with Gasteiger partial charge >= 0.3 is 0 Å². The van der Waals surface area contributed by atoms with Crippen LogP contribution in [0.15, 0.2) is 53.5 Å². The van der Waals surface area contributed by atoms with Crippen molar-refractivity contribution in [1.82, 2.24) is 0 Å². The second kappa shape index (κ2) is 6.66. The van der Waals surface area contributed by atoms with Crippen molar-refractivity contribution in [3.05, 3.63) is 75.8 Å². The molecule has 4 aromatic carbocycles. The van der Waals surface area contributed by atoms with Gasteiger partial charge in [-0.25, -0.2) is 0 Å². The molecular formula is C32H32N2O. The maximum Gasteiger partial charge on any atom is 0.141 e. The predicted octanol–water partition coefficient (Wildman–Crippen LogP) is 6.34. The standard InChI is InChI=1S/C32H32N2O/c1-18(2)34-17-32(5,6)26-28(34)22-14-10-8-12-20(22)24-15-23-19-11-7-9-13-21(19)27-25(29(23)35-30(24)26)31(3,4)16-33-27/h7-15,18H,16-17H2,1-6H3. The van der Waals surface area contributed by atoms with Crippen LogP contribution in [-0.4, -0.2) is 19.1 Å². The number of hydrogen-bond acceptors (Lipinski definition) is 3. The van der Waals surface area contributed by atoms with E-state index in [-0.39, 0.29) is 10.8 Å². The molecule has 0 aliphatic carbocycles. The number of nitrogens with zero attached hydrogens (tertiary/aromatic N) is 2. The van der Waals surface area contributed by atoms with Crippen LogP contribution in [0.4, 0.5) is 5.69 Å². The highest BCUT2D eigenvalue weighted by Crippen LogP contribution is 2.54. The zero-order valence-corrected chi connectivity index (χ0v) is 21.5. The van der Waals surface area contributed by atoms with Gasteiger partial charge in [0.25, 0.3) is 0 Å². The molecule has 7 rings (SSSR count). The molecule has 3 aliphatic heterocycles. The second-order valence-corrected chi connectivity index (χ2v) is 12.1. The summed E-state index contributed by atoms with van der Waals surface area (Å²) in [5.41, 5.74) is 5.08. The van der Waals surface area contributed by atoms with Gasteiger partial charge in [0.1, 0.15) is 11.5 Å². The fourth-order valence-electron chi connectivity index (χ4n) is 6.69. The Hall–Kier alpha value is -3.33.